The number of amides is 1. The zero-order valence-electron chi connectivity index (χ0n) is 17.5. The molecule has 7 nitrogen and oxygen atoms in total. The Labute approximate surface area is 176 Å². The van der Waals surface area contributed by atoms with E-state index in [9.17, 15) is 4.79 Å². The highest BCUT2D eigenvalue weighted by atomic mass is 16.5. The summed E-state index contributed by atoms with van der Waals surface area (Å²) in [6.45, 7) is 4.04. The summed E-state index contributed by atoms with van der Waals surface area (Å²) in [7, 11) is 3.62. The van der Waals surface area contributed by atoms with Crippen LogP contribution in [0.3, 0.4) is 0 Å². The molecule has 3 heterocycles. The van der Waals surface area contributed by atoms with Gasteiger partial charge in [-0.25, -0.2) is 0 Å². The number of hydrogen-bond acceptors (Lipinski definition) is 5. The standard InChI is InChI=1S/C23H27N5O2/c1-26-20(16-22(25-26)19-6-8-24-9-7-19)17-27-10-12-28(13-11-27)23(29)15-18-4-3-5-21(14-18)30-2/h3-9,14,16H,10-13,15,17H2,1-2H3. The molecule has 1 saturated heterocycles. The van der Waals surface area contributed by atoms with Crippen LogP contribution in [0.2, 0.25) is 0 Å². The summed E-state index contributed by atoms with van der Waals surface area (Å²) in [6, 6.07) is 13.8. The van der Waals surface area contributed by atoms with Crippen molar-refractivity contribution in [3.05, 3.63) is 66.1 Å². The van der Waals surface area contributed by atoms with E-state index in [0.29, 0.717) is 6.42 Å². The normalized spacial score (nSPS) is 14.7. The first-order valence-corrected chi connectivity index (χ1v) is 10.2. The lowest BCUT2D eigenvalue weighted by Crippen LogP contribution is -2.48. The summed E-state index contributed by atoms with van der Waals surface area (Å²) in [6.07, 6.45) is 3.98. The van der Waals surface area contributed by atoms with Crippen LogP contribution in [-0.4, -0.2) is 63.8 Å². The monoisotopic (exact) mass is 405 g/mol. The molecule has 0 bridgehead atoms. The number of rotatable bonds is 6. The third kappa shape index (κ3) is 4.68. The highest BCUT2D eigenvalue weighted by molar-refractivity contribution is 5.79. The van der Waals surface area contributed by atoms with Gasteiger partial charge >= 0.3 is 0 Å². The lowest BCUT2D eigenvalue weighted by Gasteiger charge is -2.34. The molecule has 7 heteroatoms. The van der Waals surface area contributed by atoms with Crippen molar-refractivity contribution in [3.63, 3.8) is 0 Å². The molecular weight excluding hydrogens is 378 g/mol. The summed E-state index contributed by atoms with van der Waals surface area (Å²) < 4.78 is 7.19. The summed E-state index contributed by atoms with van der Waals surface area (Å²) in [4.78, 5) is 21.1. The molecule has 0 spiro atoms. The van der Waals surface area contributed by atoms with Crippen molar-refractivity contribution in [2.45, 2.75) is 13.0 Å². The van der Waals surface area contributed by atoms with Gasteiger partial charge in [0.25, 0.3) is 0 Å². The molecule has 1 aromatic carbocycles. The van der Waals surface area contributed by atoms with Crippen LogP contribution < -0.4 is 4.74 Å². The maximum Gasteiger partial charge on any atom is 0.227 e. The average Bonchev–Trinajstić information content (AvgIpc) is 3.15. The summed E-state index contributed by atoms with van der Waals surface area (Å²) >= 11 is 0. The van der Waals surface area contributed by atoms with Gasteiger partial charge in [0.1, 0.15) is 5.75 Å². The number of aryl methyl sites for hydroxylation is 1. The van der Waals surface area contributed by atoms with Gasteiger partial charge in [0.05, 0.1) is 24.9 Å². The highest BCUT2D eigenvalue weighted by Gasteiger charge is 2.22. The lowest BCUT2D eigenvalue weighted by atomic mass is 10.1. The number of pyridine rings is 1. The minimum atomic E-state index is 0.170. The topological polar surface area (TPSA) is 63.5 Å². The Morgan fingerprint density at radius 1 is 1.07 bits per heavy atom. The zero-order chi connectivity index (χ0) is 20.9. The number of benzene rings is 1. The van der Waals surface area contributed by atoms with Gasteiger partial charge in [0.15, 0.2) is 0 Å². The number of piperazine rings is 1. The number of methoxy groups -OCH3 is 1. The van der Waals surface area contributed by atoms with Crippen LogP contribution in [0.4, 0.5) is 0 Å². The molecule has 1 fully saturated rings. The molecule has 0 atom stereocenters. The van der Waals surface area contributed by atoms with Gasteiger partial charge in [0, 0.05) is 57.7 Å². The van der Waals surface area contributed by atoms with Crippen LogP contribution in [-0.2, 0) is 24.8 Å². The Bertz CT molecular complexity index is 994. The molecule has 0 N–H and O–H groups in total. The van der Waals surface area contributed by atoms with E-state index in [2.05, 4.69) is 21.0 Å². The molecule has 0 saturated carbocycles. The van der Waals surface area contributed by atoms with Crippen LogP contribution in [0.5, 0.6) is 5.75 Å². The van der Waals surface area contributed by atoms with Crippen molar-refractivity contribution >= 4 is 5.91 Å². The number of carbonyl (C=O) groups is 1. The van der Waals surface area contributed by atoms with Gasteiger partial charge in [-0.1, -0.05) is 12.1 Å². The Morgan fingerprint density at radius 2 is 1.83 bits per heavy atom. The fraction of sp³-hybridized carbons (Fsp3) is 0.348. The third-order valence-electron chi connectivity index (χ3n) is 5.55. The fourth-order valence-corrected chi connectivity index (χ4v) is 3.77. The number of carbonyl (C=O) groups excluding carboxylic acids is 1. The molecule has 156 valence electrons. The molecular formula is C23H27N5O2. The van der Waals surface area contributed by atoms with Crippen molar-refractivity contribution in [1.82, 2.24) is 24.6 Å². The van der Waals surface area contributed by atoms with Gasteiger partial charge in [-0.05, 0) is 35.9 Å². The zero-order valence-corrected chi connectivity index (χ0v) is 17.5. The van der Waals surface area contributed by atoms with Crippen molar-refractivity contribution in [1.29, 1.82) is 0 Å². The van der Waals surface area contributed by atoms with Crippen molar-refractivity contribution < 1.29 is 9.53 Å². The predicted molar refractivity (Wildman–Crippen MR) is 115 cm³/mol. The first kappa shape index (κ1) is 20.1. The van der Waals surface area contributed by atoms with E-state index >= 15 is 0 Å². The van der Waals surface area contributed by atoms with Crippen LogP contribution in [0.15, 0.2) is 54.9 Å². The molecule has 1 aliphatic rings. The van der Waals surface area contributed by atoms with E-state index in [4.69, 9.17) is 4.74 Å². The van der Waals surface area contributed by atoms with Crippen LogP contribution in [0.25, 0.3) is 11.3 Å². The van der Waals surface area contributed by atoms with Crippen LogP contribution in [0.1, 0.15) is 11.3 Å². The van der Waals surface area contributed by atoms with E-state index < -0.39 is 0 Å². The minimum Gasteiger partial charge on any atom is -0.497 e. The number of aromatic nitrogens is 3. The summed E-state index contributed by atoms with van der Waals surface area (Å²) in [5.74, 6) is 0.954. The number of ether oxygens (including phenoxy) is 1. The van der Waals surface area contributed by atoms with E-state index in [1.54, 1.807) is 19.5 Å². The van der Waals surface area contributed by atoms with E-state index in [-0.39, 0.29) is 5.91 Å². The molecule has 0 unspecified atom stereocenters. The molecule has 0 radical (unpaired) electrons. The van der Waals surface area contributed by atoms with Gasteiger partial charge in [-0.2, -0.15) is 5.10 Å². The van der Waals surface area contributed by atoms with Crippen molar-refractivity contribution in [2.75, 3.05) is 33.3 Å². The van der Waals surface area contributed by atoms with Crippen molar-refractivity contribution in [2.24, 2.45) is 7.05 Å². The van der Waals surface area contributed by atoms with Crippen LogP contribution in [0, 0.1) is 0 Å². The van der Waals surface area contributed by atoms with E-state index in [1.165, 1.54) is 0 Å². The minimum absolute atomic E-state index is 0.170. The van der Waals surface area contributed by atoms with E-state index in [1.807, 2.05) is 53.0 Å². The largest absolute Gasteiger partial charge is 0.497 e. The second-order valence-corrected chi connectivity index (χ2v) is 7.57. The first-order chi connectivity index (χ1) is 14.6. The Morgan fingerprint density at radius 3 is 2.57 bits per heavy atom. The number of hydrogen-bond donors (Lipinski definition) is 0. The van der Waals surface area contributed by atoms with E-state index in [0.717, 1.165) is 61.0 Å². The molecule has 1 aliphatic heterocycles. The Kier molecular flexibility index (Phi) is 6.09. The quantitative estimate of drug-likeness (QED) is 0.630. The predicted octanol–water partition coefficient (Wildman–Crippen LogP) is 2.38. The van der Waals surface area contributed by atoms with Gasteiger partial charge in [0.2, 0.25) is 5.91 Å². The maximum atomic E-state index is 12.7. The Hall–Kier alpha value is -3.19. The Balaban J connectivity index is 1.31. The summed E-state index contributed by atoms with van der Waals surface area (Å²) in [5.41, 5.74) is 4.18. The molecule has 4 rings (SSSR count). The maximum absolute atomic E-state index is 12.7. The molecule has 2 aromatic heterocycles. The molecule has 3 aromatic rings. The van der Waals surface area contributed by atoms with Gasteiger partial charge < -0.3 is 9.64 Å². The second kappa shape index (κ2) is 9.09. The molecule has 30 heavy (non-hydrogen) atoms. The smallest absolute Gasteiger partial charge is 0.227 e. The molecule has 1 amide bonds. The highest BCUT2D eigenvalue weighted by Crippen LogP contribution is 2.19. The SMILES string of the molecule is COc1cccc(CC(=O)N2CCN(Cc3cc(-c4ccncc4)nn3C)CC2)c1. The average molecular weight is 406 g/mol. The molecule has 0 aliphatic carbocycles. The fourth-order valence-electron chi connectivity index (χ4n) is 3.77. The third-order valence-corrected chi connectivity index (χ3v) is 5.55. The van der Waals surface area contributed by atoms with Crippen LogP contribution >= 0.6 is 0 Å². The lowest BCUT2D eigenvalue weighted by molar-refractivity contribution is -0.132. The second-order valence-electron chi connectivity index (χ2n) is 7.57. The van der Waals surface area contributed by atoms with Gasteiger partial charge in [-0.15, -0.1) is 0 Å². The first-order valence-electron chi connectivity index (χ1n) is 10.2. The number of nitrogens with zero attached hydrogens (tertiary/aromatic N) is 5. The summed E-state index contributed by atoms with van der Waals surface area (Å²) in [5, 5.41) is 4.64. The van der Waals surface area contributed by atoms with Crippen molar-refractivity contribution in [3.8, 4) is 17.0 Å². The van der Waals surface area contributed by atoms with Gasteiger partial charge in [-0.3, -0.25) is 19.4 Å².